The van der Waals surface area contributed by atoms with E-state index in [1.54, 1.807) is 0 Å². The van der Waals surface area contributed by atoms with Crippen molar-refractivity contribution >= 4 is 27.3 Å². The summed E-state index contributed by atoms with van der Waals surface area (Å²) in [7, 11) is -3.17. The van der Waals surface area contributed by atoms with Gasteiger partial charge in [0.1, 0.15) is 0 Å². The third-order valence-electron chi connectivity index (χ3n) is 7.41. The monoisotopic (exact) mass is 617 g/mol. The van der Waals surface area contributed by atoms with Gasteiger partial charge in [-0.3, -0.25) is 4.79 Å². The molecule has 2 heterocycles. The molecule has 2 aliphatic rings. The normalized spacial score (nSPS) is 18.0. The number of alkyl halides is 3. The van der Waals surface area contributed by atoms with Crippen LogP contribution in [-0.2, 0) is 32.1 Å². The molecule has 8 nitrogen and oxygen atoms in total. The maximum absolute atomic E-state index is 14.3. The number of carbonyl (C=O) groups excluding carboxylic acids is 1. The fourth-order valence-electron chi connectivity index (χ4n) is 5.50. The van der Waals surface area contributed by atoms with E-state index in [4.69, 9.17) is 9.47 Å². The molecule has 0 atom stereocenters. The highest BCUT2D eigenvalue weighted by Crippen LogP contribution is 2.40. The second-order valence-electron chi connectivity index (χ2n) is 11.5. The van der Waals surface area contributed by atoms with Crippen molar-refractivity contribution in [3.8, 4) is 10.4 Å². The van der Waals surface area contributed by atoms with Crippen LogP contribution in [0.4, 0.5) is 13.2 Å². The second-order valence-corrected chi connectivity index (χ2v) is 14.1. The summed E-state index contributed by atoms with van der Waals surface area (Å²) < 4.78 is 81.9. The van der Waals surface area contributed by atoms with Gasteiger partial charge in [0.25, 0.3) is 5.91 Å². The standard InChI is InChI=1S/C28H38F3N3O5S2/c1-27(2,17-38-3)34-41(36,37)23-10-9-19(16-21(23)28(29,30)31)24-22(15-18-7-5-4-6-8-18)33-26(40-24)25(35)32-20-11-13-39-14-12-20/h9-10,16,18,20,34H,4-8,11-15,17H2,1-3H3,(H,32,35). The Kier molecular flexibility index (Phi) is 10.2. The van der Waals surface area contributed by atoms with E-state index >= 15 is 0 Å². The zero-order valence-corrected chi connectivity index (χ0v) is 25.2. The molecule has 1 aliphatic heterocycles. The lowest BCUT2D eigenvalue weighted by atomic mass is 9.85. The molecule has 1 aromatic carbocycles. The Morgan fingerprint density at radius 2 is 1.80 bits per heavy atom. The first-order chi connectivity index (χ1) is 19.3. The maximum atomic E-state index is 14.3. The summed E-state index contributed by atoms with van der Waals surface area (Å²) in [5.74, 6) is -0.0391. The van der Waals surface area contributed by atoms with Gasteiger partial charge in [0, 0.05) is 26.4 Å². The highest BCUT2D eigenvalue weighted by atomic mass is 32.2. The van der Waals surface area contributed by atoms with E-state index in [-0.39, 0.29) is 29.1 Å². The number of amides is 1. The number of methoxy groups -OCH3 is 1. The number of carbonyl (C=O) groups is 1. The molecule has 1 amide bonds. The fraction of sp³-hybridized carbons (Fsp3) is 0.643. The molecule has 1 saturated heterocycles. The molecule has 0 radical (unpaired) electrons. The van der Waals surface area contributed by atoms with E-state index in [1.807, 2.05) is 0 Å². The number of halogens is 3. The van der Waals surface area contributed by atoms with Gasteiger partial charge in [0.15, 0.2) is 5.01 Å². The first-order valence-corrected chi connectivity index (χ1v) is 16.2. The number of hydrogen-bond acceptors (Lipinski definition) is 7. The van der Waals surface area contributed by atoms with Crippen molar-refractivity contribution in [3.05, 3.63) is 34.5 Å². The molecule has 2 aromatic rings. The molecule has 228 valence electrons. The molecular weight excluding hydrogens is 579 g/mol. The predicted molar refractivity (Wildman–Crippen MR) is 150 cm³/mol. The van der Waals surface area contributed by atoms with E-state index in [9.17, 15) is 26.4 Å². The fourth-order valence-corrected chi connectivity index (χ4v) is 8.10. The third kappa shape index (κ3) is 8.28. The van der Waals surface area contributed by atoms with E-state index in [0.29, 0.717) is 49.0 Å². The molecule has 1 saturated carbocycles. The first-order valence-electron chi connectivity index (χ1n) is 13.9. The minimum absolute atomic E-state index is 0.0320. The largest absolute Gasteiger partial charge is 0.417 e. The van der Waals surface area contributed by atoms with Crippen LogP contribution < -0.4 is 10.0 Å². The predicted octanol–water partition coefficient (Wildman–Crippen LogP) is 5.56. The number of aromatic nitrogens is 1. The number of thiazole rings is 1. The molecule has 41 heavy (non-hydrogen) atoms. The van der Waals surface area contributed by atoms with Crippen LogP contribution in [0, 0.1) is 5.92 Å². The Balaban J connectivity index is 1.73. The minimum Gasteiger partial charge on any atom is -0.383 e. The van der Waals surface area contributed by atoms with Crippen molar-refractivity contribution in [3.63, 3.8) is 0 Å². The summed E-state index contributed by atoms with van der Waals surface area (Å²) >= 11 is 1.04. The quantitative estimate of drug-likeness (QED) is 0.362. The van der Waals surface area contributed by atoms with Crippen molar-refractivity contribution in [2.45, 2.75) is 87.9 Å². The highest BCUT2D eigenvalue weighted by Gasteiger charge is 2.39. The number of hydrogen-bond donors (Lipinski definition) is 2. The average Bonchev–Trinajstić information content (AvgIpc) is 3.32. The van der Waals surface area contributed by atoms with Crippen molar-refractivity contribution in [1.29, 1.82) is 0 Å². The zero-order valence-electron chi connectivity index (χ0n) is 23.6. The van der Waals surface area contributed by atoms with Crippen LogP contribution in [0.1, 0.15) is 79.9 Å². The van der Waals surface area contributed by atoms with Gasteiger partial charge in [-0.15, -0.1) is 11.3 Å². The molecule has 13 heteroatoms. The molecule has 2 fully saturated rings. The minimum atomic E-state index is -4.94. The van der Waals surface area contributed by atoms with Crippen LogP contribution in [0.3, 0.4) is 0 Å². The van der Waals surface area contributed by atoms with Gasteiger partial charge in [-0.05, 0) is 56.7 Å². The average molecular weight is 618 g/mol. The summed E-state index contributed by atoms with van der Waals surface area (Å²) in [6, 6.07) is 3.15. The van der Waals surface area contributed by atoms with Gasteiger partial charge in [-0.25, -0.2) is 18.1 Å². The molecule has 1 aromatic heterocycles. The molecule has 1 aliphatic carbocycles. The molecule has 0 unspecified atom stereocenters. The summed E-state index contributed by atoms with van der Waals surface area (Å²) in [4.78, 5) is 17.3. The van der Waals surface area contributed by atoms with Crippen molar-refractivity contribution in [2.75, 3.05) is 26.9 Å². The van der Waals surface area contributed by atoms with Crippen LogP contribution in [-0.4, -0.2) is 57.8 Å². The van der Waals surface area contributed by atoms with Gasteiger partial charge in [-0.1, -0.05) is 38.2 Å². The maximum Gasteiger partial charge on any atom is 0.417 e. The second kappa shape index (κ2) is 13.1. The Labute approximate surface area is 243 Å². The molecule has 2 N–H and O–H groups in total. The molecule has 0 bridgehead atoms. The van der Waals surface area contributed by atoms with Crippen LogP contribution in [0.15, 0.2) is 23.1 Å². The van der Waals surface area contributed by atoms with Crippen molar-refractivity contribution in [1.82, 2.24) is 15.0 Å². The van der Waals surface area contributed by atoms with E-state index in [2.05, 4.69) is 15.0 Å². The smallest absolute Gasteiger partial charge is 0.383 e. The lowest BCUT2D eigenvalue weighted by molar-refractivity contribution is -0.139. The number of sulfonamides is 1. The van der Waals surface area contributed by atoms with Gasteiger partial charge >= 0.3 is 6.18 Å². The third-order valence-corrected chi connectivity index (χ3v) is 10.3. The van der Waals surface area contributed by atoms with Crippen molar-refractivity contribution < 1.29 is 35.9 Å². The lowest BCUT2D eigenvalue weighted by Crippen LogP contribution is -2.47. The summed E-state index contributed by atoms with van der Waals surface area (Å²) in [5, 5.41) is 3.16. The Bertz CT molecular complexity index is 1320. The van der Waals surface area contributed by atoms with E-state index in [1.165, 1.54) is 27.0 Å². The number of rotatable bonds is 10. The lowest BCUT2D eigenvalue weighted by Gasteiger charge is -2.26. The van der Waals surface area contributed by atoms with Crippen LogP contribution in [0.2, 0.25) is 0 Å². The van der Waals surface area contributed by atoms with E-state index in [0.717, 1.165) is 55.6 Å². The zero-order chi connectivity index (χ0) is 29.8. The van der Waals surface area contributed by atoms with Gasteiger partial charge in [-0.2, -0.15) is 13.2 Å². The van der Waals surface area contributed by atoms with Crippen LogP contribution in [0.5, 0.6) is 0 Å². The number of nitrogens with one attached hydrogen (secondary N) is 2. The Morgan fingerprint density at radius 3 is 2.44 bits per heavy atom. The number of ether oxygens (including phenoxy) is 2. The summed E-state index contributed by atoms with van der Waals surface area (Å²) in [5.41, 5.74) is -1.66. The topological polar surface area (TPSA) is 107 Å². The van der Waals surface area contributed by atoms with Gasteiger partial charge in [0.2, 0.25) is 10.0 Å². The Hall–Kier alpha value is -2.06. The summed E-state index contributed by atoms with van der Waals surface area (Å²) in [6.07, 6.45) is 2.27. The molecule has 0 spiro atoms. The van der Waals surface area contributed by atoms with E-state index < -0.39 is 32.2 Å². The Morgan fingerprint density at radius 1 is 1.12 bits per heavy atom. The number of benzene rings is 1. The van der Waals surface area contributed by atoms with Crippen LogP contribution >= 0.6 is 11.3 Å². The SMILES string of the molecule is COCC(C)(C)NS(=O)(=O)c1ccc(-c2sc(C(=O)NC3CCOCC3)nc2CC2CCCCC2)cc1C(F)(F)F. The number of nitrogens with zero attached hydrogens (tertiary/aromatic N) is 1. The molecular formula is C28H38F3N3O5S2. The summed E-state index contributed by atoms with van der Waals surface area (Å²) in [6.45, 7) is 4.12. The van der Waals surface area contributed by atoms with Gasteiger partial charge < -0.3 is 14.8 Å². The highest BCUT2D eigenvalue weighted by molar-refractivity contribution is 7.89. The van der Waals surface area contributed by atoms with Crippen LogP contribution in [0.25, 0.3) is 10.4 Å². The molecule has 4 rings (SSSR count). The van der Waals surface area contributed by atoms with Gasteiger partial charge in [0.05, 0.1) is 33.2 Å². The first kappa shape index (κ1) is 31.9. The van der Waals surface area contributed by atoms with Crippen molar-refractivity contribution in [2.24, 2.45) is 5.92 Å².